The molecule has 14 heteroatoms. The second-order valence-electron chi connectivity index (χ2n) is 11.6. The van der Waals surface area contributed by atoms with Crippen molar-refractivity contribution in [2.24, 2.45) is 0 Å². The van der Waals surface area contributed by atoms with Crippen LogP contribution in [0.4, 0.5) is 36.3 Å². The lowest BCUT2D eigenvalue weighted by Crippen LogP contribution is -2.18. The monoisotopic (exact) mass is 647 g/mol. The van der Waals surface area contributed by atoms with Gasteiger partial charge in [-0.3, -0.25) is 9.36 Å². The zero-order valence-corrected chi connectivity index (χ0v) is 26.5. The second-order valence-corrected chi connectivity index (χ2v) is 14.2. The summed E-state index contributed by atoms with van der Waals surface area (Å²) in [5, 5.41) is 15.7. The van der Waals surface area contributed by atoms with E-state index in [0.717, 1.165) is 24.0 Å². The number of amides is 1. The number of methoxy groups -OCH3 is 1. The lowest BCUT2D eigenvalue weighted by Gasteiger charge is -2.27. The second kappa shape index (κ2) is 13.0. The summed E-state index contributed by atoms with van der Waals surface area (Å²) in [6.07, 6.45) is -1.38. The number of halogens is 3. The zero-order valence-electron chi connectivity index (χ0n) is 25.6. The van der Waals surface area contributed by atoms with E-state index >= 15 is 0 Å². The lowest BCUT2D eigenvalue weighted by molar-refractivity contribution is -0.137. The Morgan fingerprint density at radius 2 is 1.82 bits per heavy atom. The quantitative estimate of drug-likeness (QED) is 0.199. The molecule has 242 valence electrons. The first-order valence-corrected chi connectivity index (χ1v) is 17.0. The normalized spacial score (nSPS) is 19.6. The first-order chi connectivity index (χ1) is 21.3. The van der Waals surface area contributed by atoms with Gasteiger partial charge >= 0.3 is 6.18 Å². The highest BCUT2D eigenvalue weighted by atomic mass is 31.2. The molecule has 1 amide bonds. The summed E-state index contributed by atoms with van der Waals surface area (Å²) in [5.41, 5.74) is 2.29. The fourth-order valence-corrected chi connectivity index (χ4v) is 7.53. The Balaban J connectivity index is 1.47. The number of rotatable bonds is 10. The summed E-state index contributed by atoms with van der Waals surface area (Å²) >= 11 is 0. The minimum atomic E-state index is -4.78. The van der Waals surface area contributed by atoms with Crippen LogP contribution in [0.15, 0.2) is 36.5 Å². The molecular weight excluding hydrogens is 610 g/mol. The van der Waals surface area contributed by atoms with Crippen LogP contribution in [0.1, 0.15) is 71.1 Å². The molecule has 0 bridgehead atoms. The molecule has 45 heavy (non-hydrogen) atoms. The SMILES string of the molecule is CCOP(C)(=O)Cc1ccc(Nc2ncc(C(F)(F)F)c(Nc3ccc(C4CCC(O)CC4)c4c3C(=O)N(C)C4)n2)c(OC)c1. The summed E-state index contributed by atoms with van der Waals surface area (Å²) in [6, 6.07) is 8.50. The van der Waals surface area contributed by atoms with Gasteiger partial charge in [-0.25, -0.2) is 4.98 Å². The van der Waals surface area contributed by atoms with E-state index in [-0.39, 0.29) is 35.7 Å². The number of aromatic nitrogens is 2. The maximum Gasteiger partial charge on any atom is 0.421 e. The number of alkyl halides is 3. The third-order valence-electron chi connectivity index (χ3n) is 8.17. The number of carbonyl (C=O) groups is 1. The van der Waals surface area contributed by atoms with Crippen LogP contribution in [0.2, 0.25) is 0 Å². The molecule has 0 radical (unpaired) electrons. The van der Waals surface area contributed by atoms with E-state index in [0.29, 0.717) is 54.8 Å². The Morgan fingerprint density at radius 3 is 2.49 bits per heavy atom. The number of carbonyl (C=O) groups excluding carboxylic acids is 1. The van der Waals surface area contributed by atoms with Gasteiger partial charge in [-0.15, -0.1) is 0 Å². The molecule has 2 heterocycles. The van der Waals surface area contributed by atoms with Gasteiger partial charge in [0.2, 0.25) is 13.3 Å². The average molecular weight is 648 g/mol. The van der Waals surface area contributed by atoms with Crippen molar-refractivity contribution in [2.45, 2.75) is 63.5 Å². The smallest absolute Gasteiger partial charge is 0.421 e. The topological polar surface area (TPSA) is 126 Å². The molecule has 1 saturated carbocycles. The molecule has 5 rings (SSSR count). The highest BCUT2D eigenvalue weighted by molar-refractivity contribution is 7.57. The predicted molar refractivity (Wildman–Crippen MR) is 165 cm³/mol. The van der Waals surface area contributed by atoms with Crippen molar-refractivity contribution in [3.8, 4) is 5.75 Å². The minimum Gasteiger partial charge on any atom is -0.495 e. The van der Waals surface area contributed by atoms with Crippen molar-refractivity contribution in [1.82, 2.24) is 14.9 Å². The Bertz CT molecular complexity index is 1630. The molecule has 0 spiro atoms. The zero-order chi connectivity index (χ0) is 32.5. The van der Waals surface area contributed by atoms with Crippen molar-refractivity contribution in [1.29, 1.82) is 0 Å². The molecule has 1 atom stereocenters. The van der Waals surface area contributed by atoms with Crippen LogP contribution < -0.4 is 15.4 Å². The van der Waals surface area contributed by atoms with E-state index in [1.165, 1.54) is 12.0 Å². The first-order valence-electron chi connectivity index (χ1n) is 14.7. The molecule has 2 aliphatic rings. The van der Waals surface area contributed by atoms with Crippen LogP contribution in [0.25, 0.3) is 0 Å². The fraction of sp³-hybridized carbons (Fsp3) is 0.452. The van der Waals surface area contributed by atoms with Crippen LogP contribution in [-0.4, -0.2) is 59.4 Å². The molecule has 1 fully saturated rings. The number of hydrogen-bond donors (Lipinski definition) is 3. The number of aliphatic hydroxyl groups is 1. The number of fused-ring (bicyclic) bond motifs is 1. The highest BCUT2D eigenvalue weighted by Crippen LogP contribution is 2.47. The summed E-state index contributed by atoms with van der Waals surface area (Å²) < 4.78 is 65.9. The van der Waals surface area contributed by atoms with E-state index < -0.39 is 24.9 Å². The number of aliphatic hydroxyl groups excluding tert-OH is 1. The Morgan fingerprint density at radius 1 is 1.11 bits per heavy atom. The van der Waals surface area contributed by atoms with Gasteiger partial charge in [0.25, 0.3) is 5.91 Å². The number of hydrogen-bond acceptors (Lipinski definition) is 9. The van der Waals surface area contributed by atoms with Crippen molar-refractivity contribution >= 4 is 36.4 Å². The van der Waals surface area contributed by atoms with Crippen molar-refractivity contribution < 1.29 is 36.9 Å². The Kier molecular flexibility index (Phi) is 9.44. The maximum atomic E-state index is 14.1. The van der Waals surface area contributed by atoms with Gasteiger partial charge in [0, 0.05) is 32.6 Å². The molecular formula is C31H37F3N5O5P. The molecule has 10 nitrogen and oxygen atoms in total. The van der Waals surface area contributed by atoms with Crippen LogP contribution in [0, 0.1) is 0 Å². The van der Waals surface area contributed by atoms with E-state index in [1.54, 1.807) is 44.9 Å². The van der Waals surface area contributed by atoms with Crippen LogP contribution in [-0.2, 0) is 28.0 Å². The van der Waals surface area contributed by atoms with Gasteiger partial charge in [0.05, 0.1) is 36.8 Å². The van der Waals surface area contributed by atoms with Crippen molar-refractivity contribution in [2.75, 3.05) is 38.1 Å². The number of ether oxygens (including phenoxy) is 1. The molecule has 3 N–H and O–H groups in total. The fourth-order valence-electron chi connectivity index (χ4n) is 6.03. The molecule has 1 aromatic heterocycles. The van der Waals surface area contributed by atoms with Gasteiger partial charge in [0.15, 0.2) is 0 Å². The third-order valence-corrected chi connectivity index (χ3v) is 9.92. The number of nitrogens with zero attached hydrogens (tertiary/aromatic N) is 3. The van der Waals surface area contributed by atoms with Gasteiger partial charge in [0.1, 0.15) is 17.1 Å². The highest BCUT2D eigenvalue weighted by Gasteiger charge is 2.37. The molecule has 3 aromatic rings. The van der Waals surface area contributed by atoms with E-state index in [1.807, 2.05) is 6.07 Å². The molecule has 2 aromatic carbocycles. The van der Waals surface area contributed by atoms with Gasteiger partial charge < -0.3 is 29.9 Å². The number of anilines is 4. The van der Waals surface area contributed by atoms with Gasteiger partial charge in [-0.2, -0.15) is 18.2 Å². The molecule has 0 saturated heterocycles. The summed E-state index contributed by atoms with van der Waals surface area (Å²) in [6.45, 7) is 3.97. The van der Waals surface area contributed by atoms with Crippen molar-refractivity contribution in [3.05, 3.63) is 64.3 Å². The summed E-state index contributed by atoms with van der Waals surface area (Å²) in [7, 11) is 0.224. The van der Waals surface area contributed by atoms with E-state index in [4.69, 9.17) is 9.26 Å². The third kappa shape index (κ3) is 7.26. The predicted octanol–water partition coefficient (Wildman–Crippen LogP) is 7.04. The van der Waals surface area contributed by atoms with Gasteiger partial charge in [-0.1, -0.05) is 12.1 Å². The first kappa shape index (κ1) is 32.7. The van der Waals surface area contributed by atoms with Gasteiger partial charge in [-0.05, 0) is 73.4 Å². The Hall–Kier alpha value is -3.67. The number of nitrogens with one attached hydrogen (secondary N) is 2. The van der Waals surface area contributed by atoms with Crippen molar-refractivity contribution in [3.63, 3.8) is 0 Å². The average Bonchev–Trinajstić information content (AvgIpc) is 3.28. The van der Waals surface area contributed by atoms with E-state index in [2.05, 4.69) is 20.6 Å². The van der Waals surface area contributed by atoms with Crippen LogP contribution in [0.3, 0.4) is 0 Å². The minimum absolute atomic E-state index is 0.135. The summed E-state index contributed by atoms with van der Waals surface area (Å²) in [5.74, 6) is -0.445. The maximum absolute atomic E-state index is 14.1. The molecule has 1 aliphatic carbocycles. The van der Waals surface area contributed by atoms with Crippen LogP contribution >= 0.6 is 7.37 Å². The Labute approximate surface area is 259 Å². The molecule has 1 aliphatic heterocycles. The largest absolute Gasteiger partial charge is 0.495 e. The van der Waals surface area contributed by atoms with E-state index in [9.17, 15) is 27.6 Å². The summed E-state index contributed by atoms with van der Waals surface area (Å²) in [4.78, 5) is 22.9. The lowest BCUT2D eigenvalue weighted by atomic mass is 9.80. The molecule has 1 unspecified atom stereocenters. The van der Waals surface area contributed by atoms with Crippen LogP contribution in [0.5, 0.6) is 5.75 Å². The number of benzene rings is 2. The standard InChI is InChI=1S/C31H37F3N5O5P/c1-5-44-45(4,42)17-18-6-12-24(26(14-18)43-3)37-30-35-15-23(31(32,33)34)28(38-30)36-25-13-11-21(19-7-9-20(40)10-8-19)22-16-39(2)29(41)27(22)25/h6,11-15,19-20,40H,5,7-10,16-17H2,1-4H3,(H2,35,36,37,38).